The van der Waals surface area contributed by atoms with E-state index in [1.54, 1.807) is 4.72 Å². The molecular weight excluding hydrogens is 298 g/mol. The van der Waals surface area contributed by atoms with Gasteiger partial charge in [0.15, 0.2) is 0 Å². The summed E-state index contributed by atoms with van der Waals surface area (Å²) >= 11 is 0. The zero-order valence-corrected chi connectivity index (χ0v) is 11.1. The Labute approximate surface area is 113 Å². The minimum absolute atomic E-state index is 0.0690. The Kier molecular flexibility index (Phi) is 5.36. The molecule has 0 saturated carbocycles. The molecule has 0 heterocycles. The predicted molar refractivity (Wildman–Crippen MR) is 65.7 cm³/mol. The summed E-state index contributed by atoms with van der Waals surface area (Å²) in [6.07, 6.45) is 0. The molecule has 10 heteroatoms. The topological polar surface area (TPSA) is 105 Å². The summed E-state index contributed by atoms with van der Waals surface area (Å²) in [5, 5.41) is 8.68. The number of hydrogen-bond donors (Lipinski definition) is 3. The van der Waals surface area contributed by atoms with Crippen molar-refractivity contribution in [3.05, 3.63) is 29.3 Å². The summed E-state index contributed by atoms with van der Waals surface area (Å²) in [6, 6.07) is 0.846. The molecule has 20 heavy (non-hydrogen) atoms. The molecule has 0 amide bonds. The molecule has 112 valence electrons. The van der Waals surface area contributed by atoms with Crippen molar-refractivity contribution in [2.24, 2.45) is 0 Å². The monoisotopic (exact) mass is 310 g/mol. The van der Waals surface area contributed by atoms with E-state index in [-0.39, 0.29) is 19.2 Å². The second-order valence-corrected chi connectivity index (χ2v) is 5.11. The summed E-state index contributed by atoms with van der Waals surface area (Å²) in [5.41, 5.74) is -1.52. The van der Waals surface area contributed by atoms with Gasteiger partial charge < -0.3 is 9.84 Å². The fraction of sp³-hybridized carbons (Fsp3) is 0.300. The number of halogens is 2. The van der Waals surface area contributed by atoms with E-state index in [1.807, 2.05) is 4.72 Å². The number of carboxylic acid groups (broad SMARTS) is 1. The smallest absolute Gasteiger partial charge is 0.338 e. The minimum atomic E-state index is -4.12. The van der Waals surface area contributed by atoms with Crippen molar-refractivity contribution in [1.82, 2.24) is 4.72 Å². The molecule has 7 nitrogen and oxygen atoms in total. The number of methoxy groups -OCH3 is 1. The maximum Gasteiger partial charge on any atom is 0.338 e. The second kappa shape index (κ2) is 6.59. The number of benzene rings is 1. The van der Waals surface area contributed by atoms with E-state index >= 15 is 0 Å². The van der Waals surface area contributed by atoms with E-state index in [1.165, 1.54) is 7.11 Å². The number of hydrogen-bond acceptors (Lipinski definition) is 4. The van der Waals surface area contributed by atoms with Gasteiger partial charge in [0, 0.05) is 19.7 Å². The van der Waals surface area contributed by atoms with Crippen LogP contribution in [0.3, 0.4) is 0 Å². The van der Waals surface area contributed by atoms with E-state index in [2.05, 4.69) is 4.74 Å². The van der Waals surface area contributed by atoms with E-state index in [9.17, 15) is 22.0 Å². The van der Waals surface area contributed by atoms with Crippen molar-refractivity contribution in [3.63, 3.8) is 0 Å². The van der Waals surface area contributed by atoms with Crippen molar-refractivity contribution in [2.75, 3.05) is 25.0 Å². The number of carboxylic acids is 1. The average molecular weight is 310 g/mol. The van der Waals surface area contributed by atoms with Crippen LogP contribution in [-0.4, -0.2) is 39.8 Å². The maximum absolute atomic E-state index is 13.4. The summed E-state index contributed by atoms with van der Waals surface area (Å²) in [6.45, 7) is 0.0214. The fourth-order valence-electron chi connectivity index (χ4n) is 1.25. The average Bonchev–Trinajstić information content (AvgIpc) is 2.32. The molecule has 0 aromatic heterocycles. The van der Waals surface area contributed by atoms with E-state index < -0.39 is 39.1 Å². The quantitative estimate of drug-likeness (QED) is 0.638. The SMILES string of the molecule is COCCNS(=O)(=O)Nc1cc(C(=O)O)c(F)cc1F. The Morgan fingerprint density at radius 2 is 2.00 bits per heavy atom. The molecule has 0 unspecified atom stereocenters. The van der Waals surface area contributed by atoms with Gasteiger partial charge >= 0.3 is 5.97 Å². The fourth-order valence-corrected chi connectivity index (χ4v) is 2.12. The lowest BCUT2D eigenvalue weighted by Crippen LogP contribution is -2.33. The molecule has 0 aliphatic heterocycles. The van der Waals surface area contributed by atoms with Crippen LogP contribution in [0.15, 0.2) is 12.1 Å². The summed E-state index contributed by atoms with van der Waals surface area (Å²) < 4.78 is 58.0. The van der Waals surface area contributed by atoms with Gasteiger partial charge in [0.1, 0.15) is 11.6 Å². The lowest BCUT2D eigenvalue weighted by Gasteiger charge is -2.10. The Balaban J connectivity index is 2.97. The highest BCUT2D eigenvalue weighted by Crippen LogP contribution is 2.20. The van der Waals surface area contributed by atoms with Gasteiger partial charge in [0.25, 0.3) is 10.2 Å². The summed E-state index contributed by atoms with van der Waals surface area (Å²) in [7, 11) is -2.76. The first-order chi connectivity index (χ1) is 9.26. The molecule has 0 spiro atoms. The first-order valence-corrected chi connectivity index (χ1v) is 6.74. The van der Waals surface area contributed by atoms with Crippen molar-refractivity contribution in [2.45, 2.75) is 0 Å². The third-order valence-corrected chi connectivity index (χ3v) is 3.20. The Bertz CT molecular complexity index is 606. The zero-order chi connectivity index (χ0) is 15.3. The number of anilines is 1. The third-order valence-electron chi connectivity index (χ3n) is 2.13. The maximum atomic E-state index is 13.4. The first-order valence-electron chi connectivity index (χ1n) is 5.25. The molecule has 3 N–H and O–H groups in total. The molecule has 0 fully saturated rings. The largest absolute Gasteiger partial charge is 0.478 e. The summed E-state index contributed by atoms with van der Waals surface area (Å²) in [4.78, 5) is 10.7. The van der Waals surface area contributed by atoms with Gasteiger partial charge in [-0.15, -0.1) is 0 Å². The normalized spacial score (nSPS) is 11.3. The Hall–Kier alpha value is -1.78. The van der Waals surface area contributed by atoms with Gasteiger partial charge in [0.05, 0.1) is 17.9 Å². The van der Waals surface area contributed by atoms with Crippen LogP contribution in [-0.2, 0) is 14.9 Å². The highest BCUT2D eigenvalue weighted by molar-refractivity contribution is 7.90. The van der Waals surface area contributed by atoms with Crippen LogP contribution in [0.25, 0.3) is 0 Å². The predicted octanol–water partition coefficient (Wildman–Crippen LogP) is 0.556. The number of ether oxygens (including phenoxy) is 1. The van der Waals surface area contributed by atoms with Gasteiger partial charge in [-0.25, -0.2) is 13.6 Å². The third kappa shape index (κ3) is 4.40. The van der Waals surface area contributed by atoms with Crippen molar-refractivity contribution < 1.29 is 31.8 Å². The molecule has 0 aliphatic carbocycles. The van der Waals surface area contributed by atoms with Gasteiger partial charge in [-0.3, -0.25) is 4.72 Å². The molecule has 1 aromatic rings. The lowest BCUT2D eigenvalue weighted by atomic mass is 10.2. The van der Waals surface area contributed by atoms with Crippen molar-refractivity contribution in [3.8, 4) is 0 Å². The highest BCUT2D eigenvalue weighted by Gasteiger charge is 2.18. The van der Waals surface area contributed by atoms with Crippen LogP contribution in [0.2, 0.25) is 0 Å². The molecule has 0 atom stereocenters. The molecule has 0 bridgehead atoms. The summed E-state index contributed by atoms with van der Waals surface area (Å²) in [5.74, 6) is -4.18. The van der Waals surface area contributed by atoms with Crippen molar-refractivity contribution in [1.29, 1.82) is 0 Å². The standard InChI is InChI=1S/C10H12F2N2O5S/c1-19-3-2-13-20(17,18)14-9-4-6(10(15)16)7(11)5-8(9)12/h4-5,13-14H,2-3H2,1H3,(H,15,16). The number of rotatable bonds is 7. The van der Waals surface area contributed by atoms with Crippen LogP contribution in [0.1, 0.15) is 10.4 Å². The number of nitrogens with one attached hydrogen (secondary N) is 2. The van der Waals surface area contributed by atoms with Gasteiger partial charge in [-0.05, 0) is 6.07 Å². The zero-order valence-electron chi connectivity index (χ0n) is 10.3. The Morgan fingerprint density at radius 1 is 1.35 bits per heavy atom. The minimum Gasteiger partial charge on any atom is -0.478 e. The molecule has 0 aliphatic rings. The van der Waals surface area contributed by atoms with E-state index in [4.69, 9.17) is 5.11 Å². The number of aromatic carboxylic acids is 1. The second-order valence-electron chi connectivity index (χ2n) is 3.61. The van der Waals surface area contributed by atoms with Gasteiger partial charge in [0.2, 0.25) is 0 Å². The first kappa shape index (κ1) is 16.3. The molecule has 1 aromatic carbocycles. The van der Waals surface area contributed by atoms with Crippen LogP contribution in [0, 0.1) is 11.6 Å². The Morgan fingerprint density at radius 3 is 2.55 bits per heavy atom. The van der Waals surface area contributed by atoms with Crippen LogP contribution in [0.5, 0.6) is 0 Å². The molecular formula is C10H12F2N2O5S. The molecule has 1 rings (SSSR count). The van der Waals surface area contributed by atoms with Crippen molar-refractivity contribution >= 4 is 21.9 Å². The number of carbonyl (C=O) groups is 1. The van der Waals surface area contributed by atoms with E-state index in [0.29, 0.717) is 6.07 Å². The van der Waals surface area contributed by atoms with E-state index in [0.717, 1.165) is 0 Å². The lowest BCUT2D eigenvalue weighted by molar-refractivity contribution is 0.0692. The highest BCUT2D eigenvalue weighted by atomic mass is 32.2. The van der Waals surface area contributed by atoms with Crippen LogP contribution >= 0.6 is 0 Å². The van der Waals surface area contributed by atoms with Crippen LogP contribution < -0.4 is 9.44 Å². The molecule has 0 saturated heterocycles. The molecule has 0 radical (unpaired) electrons. The van der Waals surface area contributed by atoms with Crippen LogP contribution in [0.4, 0.5) is 14.5 Å². The van der Waals surface area contributed by atoms with Gasteiger partial charge in [-0.2, -0.15) is 13.1 Å². The van der Waals surface area contributed by atoms with Gasteiger partial charge in [-0.1, -0.05) is 0 Å².